The molecule has 1 unspecified atom stereocenters. The number of ketones is 1. The van der Waals surface area contributed by atoms with Crippen LogP contribution in [-0.2, 0) is 9.59 Å². The van der Waals surface area contributed by atoms with Crippen LogP contribution in [0, 0.1) is 13.8 Å². The molecule has 1 heterocycles. The van der Waals surface area contributed by atoms with E-state index < -0.39 is 23.5 Å². The number of aromatic hydroxyl groups is 1. The zero-order chi connectivity index (χ0) is 24.7. The van der Waals surface area contributed by atoms with Gasteiger partial charge in [0, 0.05) is 11.3 Å². The van der Waals surface area contributed by atoms with E-state index in [0.29, 0.717) is 17.0 Å². The number of Topliss-reactive ketones (excluding diaryl/α,β-unsaturated/α-hetero) is 1. The number of nitrogens with zero attached hydrogens (tertiary/aromatic N) is 1. The normalized spacial score (nSPS) is 17.3. The Morgan fingerprint density at radius 1 is 0.941 bits per heavy atom. The Balaban J connectivity index is 2.02. The van der Waals surface area contributed by atoms with Crippen LogP contribution in [0.2, 0.25) is 10.0 Å². The summed E-state index contributed by atoms with van der Waals surface area (Å²) in [4.78, 5) is 27.9. The molecule has 3 aromatic carbocycles. The second kappa shape index (κ2) is 9.05. The first-order valence-electron chi connectivity index (χ1n) is 10.3. The van der Waals surface area contributed by atoms with Crippen molar-refractivity contribution in [2.24, 2.45) is 0 Å². The molecule has 1 saturated heterocycles. The minimum atomic E-state index is -1.01. The number of benzene rings is 3. The Bertz CT molecular complexity index is 1350. The predicted molar refractivity (Wildman–Crippen MR) is 132 cm³/mol. The maximum atomic E-state index is 13.3. The molecule has 8 heteroatoms. The smallest absolute Gasteiger partial charge is 0.300 e. The molecular formula is C26H21Cl2NO5. The van der Waals surface area contributed by atoms with Gasteiger partial charge in [0.05, 0.1) is 28.8 Å². The molecule has 174 valence electrons. The van der Waals surface area contributed by atoms with Crippen LogP contribution in [0.1, 0.15) is 28.3 Å². The summed E-state index contributed by atoms with van der Waals surface area (Å²) >= 11 is 12.5. The van der Waals surface area contributed by atoms with Gasteiger partial charge < -0.3 is 14.9 Å². The molecule has 1 aliphatic heterocycles. The van der Waals surface area contributed by atoms with Crippen molar-refractivity contribution in [2.75, 3.05) is 12.0 Å². The molecule has 0 aromatic heterocycles. The maximum Gasteiger partial charge on any atom is 0.300 e. The number of phenols is 1. The van der Waals surface area contributed by atoms with Crippen LogP contribution in [0.3, 0.4) is 0 Å². The van der Waals surface area contributed by atoms with Gasteiger partial charge in [-0.15, -0.1) is 0 Å². The van der Waals surface area contributed by atoms with Gasteiger partial charge in [-0.05, 0) is 73.0 Å². The zero-order valence-electron chi connectivity index (χ0n) is 18.6. The van der Waals surface area contributed by atoms with Crippen molar-refractivity contribution in [2.45, 2.75) is 19.9 Å². The van der Waals surface area contributed by atoms with E-state index in [1.165, 1.54) is 36.3 Å². The lowest BCUT2D eigenvalue weighted by Gasteiger charge is -2.26. The molecule has 1 amide bonds. The van der Waals surface area contributed by atoms with Gasteiger partial charge in [-0.1, -0.05) is 35.3 Å². The number of amides is 1. The Kier molecular flexibility index (Phi) is 6.30. The molecule has 1 aliphatic rings. The van der Waals surface area contributed by atoms with Crippen LogP contribution in [0.25, 0.3) is 5.76 Å². The van der Waals surface area contributed by atoms with E-state index in [9.17, 15) is 19.8 Å². The topological polar surface area (TPSA) is 87.1 Å². The number of aliphatic hydroxyl groups excluding tert-OH is 1. The fourth-order valence-electron chi connectivity index (χ4n) is 4.16. The van der Waals surface area contributed by atoms with Crippen molar-refractivity contribution in [3.8, 4) is 11.5 Å². The molecule has 6 nitrogen and oxygen atoms in total. The van der Waals surface area contributed by atoms with Crippen molar-refractivity contribution < 1.29 is 24.5 Å². The molecular weight excluding hydrogens is 477 g/mol. The molecule has 0 saturated carbocycles. The van der Waals surface area contributed by atoms with Crippen LogP contribution in [0.15, 0.2) is 60.2 Å². The van der Waals surface area contributed by atoms with Crippen LogP contribution in [0.5, 0.6) is 11.5 Å². The van der Waals surface area contributed by atoms with Crippen molar-refractivity contribution >= 4 is 46.3 Å². The van der Waals surface area contributed by atoms with Crippen molar-refractivity contribution in [1.82, 2.24) is 0 Å². The SMILES string of the molecule is COc1ccc(Cl)c(/C(O)=C2\C(=O)C(=O)N(c3cc(C)cc(C)c3)C2c2ccc(O)c(Cl)c2)c1. The van der Waals surface area contributed by atoms with E-state index in [1.807, 2.05) is 19.9 Å². The lowest BCUT2D eigenvalue weighted by Crippen LogP contribution is -2.29. The molecule has 4 rings (SSSR count). The molecule has 1 fully saturated rings. The predicted octanol–water partition coefficient (Wildman–Crippen LogP) is 5.95. The molecule has 0 aliphatic carbocycles. The minimum absolute atomic E-state index is 0.0444. The third-order valence-electron chi connectivity index (χ3n) is 5.65. The highest BCUT2D eigenvalue weighted by molar-refractivity contribution is 6.52. The van der Waals surface area contributed by atoms with Gasteiger partial charge in [0.1, 0.15) is 17.3 Å². The minimum Gasteiger partial charge on any atom is -0.507 e. The number of hydrogen-bond donors (Lipinski definition) is 2. The lowest BCUT2D eigenvalue weighted by atomic mass is 9.94. The van der Waals surface area contributed by atoms with Gasteiger partial charge in [0.15, 0.2) is 0 Å². The van der Waals surface area contributed by atoms with Gasteiger partial charge in [0.25, 0.3) is 11.7 Å². The number of anilines is 1. The molecule has 2 N–H and O–H groups in total. The summed E-state index contributed by atoms with van der Waals surface area (Å²) in [5.41, 5.74) is 2.71. The van der Waals surface area contributed by atoms with Crippen LogP contribution >= 0.6 is 23.2 Å². The highest BCUT2D eigenvalue weighted by Crippen LogP contribution is 2.44. The number of carbonyl (C=O) groups excluding carboxylic acids is 2. The molecule has 3 aromatic rings. The van der Waals surface area contributed by atoms with Gasteiger partial charge in [-0.2, -0.15) is 0 Å². The van der Waals surface area contributed by atoms with E-state index in [4.69, 9.17) is 27.9 Å². The highest BCUT2D eigenvalue weighted by Gasteiger charge is 2.47. The highest BCUT2D eigenvalue weighted by atomic mass is 35.5. The van der Waals surface area contributed by atoms with Crippen LogP contribution in [0.4, 0.5) is 5.69 Å². The molecule has 0 spiro atoms. The van der Waals surface area contributed by atoms with Gasteiger partial charge >= 0.3 is 0 Å². The fourth-order valence-corrected chi connectivity index (χ4v) is 4.55. The van der Waals surface area contributed by atoms with E-state index in [1.54, 1.807) is 24.3 Å². The third-order valence-corrected chi connectivity index (χ3v) is 6.28. The van der Waals surface area contributed by atoms with Crippen LogP contribution < -0.4 is 9.64 Å². The quantitative estimate of drug-likeness (QED) is 0.264. The van der Waals surface area contributed by atoms with Gasteiger partial charge in [0.2, 0.25) is 0 Å². The molecule has 34 heavy (non-hydrogen) atoms. The fraction of sp³-hybridized carbons (Fsp3) is 0.154. The van der Waals surface area contributed by atoms with E-state index in [2.05, 4.69) is 0 Å². The number of halogens is 2. The summed E-state index contributed by atoms with van der Waals surface area (Å²) in [6, 6.07) is 13.5. The average Bonchev–Trinajstić information content (AvgIpc) is 3.05. The second-order valence-corrected chi connectivity index (χ2v) is 8.89. The molecule has 0 radical (unpaired) electrons. The first-order chi connectivity index (χ1) is 16.1. The summed E-state index contributed by atoms with van der Waals surface area (Å²) in [5, 5.41) is 21.4. The lowest BCUT2D eigenvalue weighted by molar-refractivity contribution is -0.132. The number of methoxy groups -OCH3 is 1. The zero-order valence-corrected chi connectivity index (χ0v) is 20.1. The average molecular weight is 498 g/mol. The summed E-state index contributed by atoms with van der Waals surface area (Å²) in [6.07, 6.45) is 0. The largest absolute Gasteiger partial charge is 0.507 e. The van der Waals surface area contributed by atoms with Gasteiger partial charge in [-0.25, -0.2) is 0 Å². The van der Waals surface area contributed by atoms with Crippen LogP contribution in [-0.4, -0.2) is 29.0 Å². The monoisotopic (exact) mass is 497 g/mol. The van der Waals surface area contributed by atoms with E-state index in [0.717, 1.165) is 11.1 Å². The van der Waals surface area contributed by atoms with E-state index in [-0.39, 0.29) is 26.9 Å². The first kappa shape index (κ1) is 23.7. The first-order valence-corrected chi connectivity index (χ1v) is 11.1. The number of rotatable bonds is 4. The number of phenolic OH excluding ortho intramolecular Hbond substituents is 1. The van der Waals surface area contributed by atoms with Crippen molar-refractivity contribution in [3.05, 3.63) is 92.5 Å². The Morgan fingerprint density at radius 2 is 1.62 bits per heavy atom. The summed E-state index contributed by atoms with van der Waals surface area (Å²) in [6.45, 7) is 3.77. The number of aliphatic hydroxyl groups is 1. The molecule has 0 bridgehead atoms. The number of carbonyl (C=O) groups is 2. The third kappa shape index (κ3) is 4.11. The number of hydrogen-bond acceptors (Lipinski definition) is 5. The Hall–Kier alpha value is -3.48. The summed E-state index contributed by atoms with van der Waals surface area (Å²) < 4.78 is 5.23. The van der Waals surface area contributed by atoms with E-state index >= 15 is 0 Å². The standard InChI is InChI=1S/C26H21Cl2NO5/c1-13-8-14(2)10-16(9-13)29-23(15-4-7-21(30)20(28)11-15)22(25(32)26(29)33)24(31)18-12-17(34-3)5-6-19(18)27/h4-12,23,30-31H,1-3H3/b24-22+. The number of aryl methyl sites for hydroxylation is 2. The van der Waals surface area contributed by atoms with Crippen molar-refractivity contribution in [1.29, 1.82) is 0 Å². The Morgan fingerprint density at radius 3 is 2.24 bits per heavy atom. The summed E-state index contributed by atoms with van der Waals surface area (Å²) in [7, 11) is 1.46. The van der Waals surface area contributed by atoms with Crippen molar-refractivity contribution in [3.63, 3.8) is 0 Å². The Labute approximate surface area is 206 Å². The summed E-state index contributed by atoms with van der Waals surface area (Å²) in [5.74, 6) is -1.85. The number of ether oxygens (including phenoxy) is 1. The molecule has 1 atom stereocenters. The maximum absolute atomic E-state index is 13.3. The van der Waals surface area contributed by atoms with Gasteiger partial charge in [-0.3, -0.25) is 14.5 Å². The second-order valence-electron chi connectivity index (χ2n) is 8.07.